The maximum Gasteiger partial charge on any atom is 0.344 e. The van der Waals surface area contributed by atoms with Crippen molar-refractivity contribution < 1.29 is 14.6 Å². The largest absolute Gasteiger partial charge is 0.479 e. The molecule has 0 fully saturated rings. The number of aliphatic carboxylic acids is 1. The number of unbranched alkanes of at least 4 members (excludes halogenated alkanes) is 1. The number of ether oxygens (including phenoxy) is 1. The lowest BCUT2D eigenvalue weighted by molar-refractivity contribution is -0.145. The molecule has 18 heavy (non-hydrogen) atoms. The molecule has 96 valence electrons. The average Bonchev–Trinajstić information content (AvgIpc) is 2.34. The Morgan fingerprint density at radius 3 is 2.83 bits per heavy atom. The van der Waals surface area contributed by atoms with Crippen molar-refractivity contribution in [3.8, 4) is 11.8 Å². The molecule has 0 aliphatic carbocycles. The van der Waals surface area contributed by atoms with Gasteiger partial charge in [0.25, 0.3) is 0 Å². The molecule has 0 aromatic heterocycles. The zero-order valence-electron chi connectivity index (χ0n) is 10.0. The zero-order valence-corrected chi connectivity index (χ0v) is 10.8. The molecule has 0 amide bonds. The Bertz CT molecular complexity index is 468. The molecule has 1 aromatic carbocycles. The van der Waals surface area contributed by atoms with Crippen LogP contribution in [0.25, 0.3) is 0 Å². The van der Waals surface area contributed by atoms with Gasteiger partial charge >= 0.3 is 5.97 Å². The van der Waals surface area contributed by atoms with Crippen LogP contribution in [0.1, 0.15) is 31.7 Å². The number of carboxylic acid groups (broad SMARTS) is 1. The first-order valence-electron chi connectivity index (χ1n) is 5.67. The molecule has 0 heterocycles. The molecule has 1 rings (SSSR count). The van der Waals surface area contributed by atoms with Crippen LogP contribution in [0.3, 0.4) is 0 Å². The van der Waals surface area contributed by atoms with Crippen molar-refractivity contribution in [2.24, 2.45) is 0 Å². The SMILES string of the molecule is CCCCC(Oc1ccc(C#N)c(Cl)c1)C(=O)O. The minimum atomic E-state index is -0.996. The molecule has 1 aromatic rings. The molecule has 5 heteroatoms. The van der Waals surface area contributed by atoms with Gasteiger partial charge in [-0.2, -0.15) is 5.26 Å². The fourth-order valence-electron chi connectivity index (χ4n) is 1.45. The maximum atomic E-state index is 11.0. The van der Waals surface area contributed by atoms with Gasteiger partial charge in [-0.05, 0) is 25.0 Å². The molecule has 0 saturated heterocycles. The Morgan fingerprint density at radius 1 is 1.61 bits per heavy atom. The number of hydrogen-bond donors (Lipinski definition) is 1. The van der Waals surface area contributed by atoms with E-state index in [0.29, 0.717) is 17.7 Å². The smallest absolute Gasteiger partial charge is 0.344 e. The summed E-state index contributed by atoms with van der Waals surface area (Å²) in [6.45, 7) is 1.98. The highest BCUT2D eigenvalue weighted by molar-refractivity contribution is 6.31. The van der Waals surface area contributed by atoms with Crippen molar-refractivity contribution in [1.82, 2.24) is 0 Å². The molecule has 1 unspecified atom stereocenters. The van der Waals surface area contributed by atoms with E-state index in [1.807, 2.05) is 13.0 Å². The predicted molar refractivity (Wildman–Crippen MR) is 67.7 cm³/mol. The Kier molecular flexibility index (Phi) is 5.47. The summed E-state index contributed by atoms with van der Waals surface area (Å²) in [6, 6.07) is 6.45. The van der Waals surface area contributed by atoms with E-state index < -0.39 is 12.1 Å². The van der Waals surface area contributed by atoms with E-state index >= 15 is 0 Å². The lowest BCUT2D eigenvalue weighted by Gasteiger charge is -2.15. The van der Waals surface area contributed by atoms with Gasteiger partial charge in [-0.1, -0.05) is 24.9 Å². The van der Waals surface area contributed by atoms with Crippen LogP contribution in [0.15, 0.2) is 18.2 Å². The third kappa shape index (κ3) is 3.94. The van der Waals surface area contributed by atoms with E-state index in [2.05, 4.69) is 0 Å². The Hall–Kier alpha value is -1.73. The zero-order chi connectivity index (χ0) is 13.5. The normalized spacial score (nSPS) is 11.6. The summed E-state index contributed by atoms with van der Waals surface area (Å²) >= 11 is 5.85. The Labute approximate surface area is 111 Å². The van der Waals surface area contributed by atoms with E-state index in [1.165, 1.54) is 12.1 Å². The van der Waals surface area contributed by atoms with Crippen LogP contribution in [0.5, 0.6) is 5.75 Å². The molecule has 0 saturated carbocycles. The van der Waals surface area contributed by atoms with Crippen molar-refractivity contribution in [3.05, 3.63) is 28.8 Å². The van der Waals surface area contributed by atoms with E-state index in [0.717, 1.165) is 12.8 Å². The first-order valence-corrected chi connectivity index (χ1v) is 6.05. The lowest BCUT2D eigenvalue weighted by atomic mass is 10.1. The third-order valence-electron chi connectivity index (χ3n) is 2.43. The van der Waals surface area contributed by atoms with Crippen LogP contribution in [0.4, 0.5) is 0 Å². The second-order valence-electron chi connectivity index (χ2n) is 3.84. The molecule has 0 aliphatic rings. The van der Waals surface area contributed by atoms with Crippen molar-refractivity contribution in [3.63, 3.8) is 0 Å². The number of nitriles is 1. The van der Waals surface area contributed by atoms with Gasteiger partial charge in [-0.3, -0.25) is 0 Å². The number of benzene rings is 1. The van der Waals surface area contributed by atoms with E-state index in [-0.39, 0.29) is 5.02 Å². The van der Waals surface area contributed by atoms with Crippen molar-refractivity contribution >= 4 is 17.6 Å². The minimum absolute atomic E-state index is 0.259. The molecule has 0 radical (unpaired) electrons. The number of carbonyl (C=O) groups is 1. The van der Waals surface area contributed by atoms with Gasteiger partial charge in [0.05, 0.1) is 10.6 Å². The molecule has 1 N–H and O–H groups in total. The fourth-order valence-corrected chi connectivity index (χ4v) is 1.66. The number of nitrogens with zero attached hydrogens (tertiary/aromatic N) is 1. The molecule has 1 atom stereocenters. The van der Waals surface area contributed by atoms with Gasteiger partial charge in [-0.25, -0.2) is 4.79 Å². The maximum absolute atomic E-state index is 11.0. The summed E-state index contributed by atoms with van der Waals surface area (Å²) in [6.07, 6.45) is 1.25. The topological polar surface area (TPSA) is 70.3 Å². The molecule has 0 aliphatic heterocycles. The first kappa shape index (κ1) is 14.3. The molecular formula is C13H14ClNO3. The van der Waals surface area contributed by atoms with Gasteiger partial charge in [-0.15, -0.1) is 0 Å². The van der Waals surface area contributed by atoms with Gasteiger partial charge in [0.15, 0.2) is 6.10 Å². The second-order valence-corrected chi connectivity index (χ2v) is 4.25. The first-order chi connectivity index (χ1) is 8.58. The van der Waals surface area contributed by atoms with Gasteiger partial charge in [0.1, 0.15) is 11.8 Å². The molecule has 0 bridgehead atoms. The summed E-state index contributed by atoms with van der Waals surface area (Å²) in [4.78, 5) is 11.0. The lowest BCUT2D eigenvalue weighted by Crippen LogP contribution is -2.26. The fraction of sp³-hybridized carbons (Fsp3) is 0.385. The minimum Gasteiger partial charge on any atom is -0.479 e. The highest BCUT2D eigenvalue weighted by Crippen LogP contribution is 2.23. The number of carboxylic acids is 1. The van der Waals surface area contributed by atoms with Crippen LogP contribution < -0.4 is 4.74 Å². The van der Waals surface area contributed by atoms with Crippen LogP contribution in [0, 0.1) is 11.3 Å². The third-order valence-corrected chi connectivity index (χ3v) is 2.75. The predicted octanol–water partition coefficient (Wildman–Crippen LogP) is 3.23. The number of rotatable bonds is 6. The van der Waals surface area contributed by atoms with E-state index in [9.17, 15) is 4.79 Å². The summed E-state index contributed by atoms with van der Waals surface area (Å²) < 4.78 is 5.36. The van der Waals surface area contributed by atoms with Crippen molar-refractivity contribution in [2.75, 3.05) is 0 Å². The number of hydrogen-bond acceptors (Lipinski definition) is 3. The Morgan fingerprint density at radius 2 is 2.33 bits per heavy atom. The summed E-state index contributed by atoms with van der Waals surface area (Å²) in [5.41, 5.74) is 0.337. The highest BCUT2D eigenvalue weighted by atomic mass is 35.5. The second kappa shape index (κ2) is 6.87. The molecule has 0 spiro atoms. The Balaban J connectivity index is 2.78. The standard InChI is InChI=1S/C13H14ClNO3/c1-2-3-4-12(13(16)17)18-10-6-5-9(8-15)11(14)7-10/h5-7,12H,2-4H2,1H3,(H,16,17). The summed E-state index contributed by atoms with van der Waals surface area (Å²) in [5.74, 6) is -0.633. The average molecular weight is 268 g/mol. The summed E-state index contributed by atoms with van der Waals surface area (Å²) in [5, 5.41) is 18.0. The van der Waals surface area contributed by atoms with Gasteiger partial charge in [0, 0.05) is 6.07 Å². The van der Waals surface area contributed by atoms with Crippen LogP contribution in [0.2, 0.25) is 5.02 Å². The van der Waals surface area contributed by atoms with Crippen LogP contribution >= 0.6 is 11.6 Å². The monoisotopic (exact) mass is 267 g/mol. The van der Waals surface area contributed by atoms with Crippen LogP contribution in [-0.4, -0.2) is 17.2 Å². The highest BCUT2D eigenvalue weighted by Gasteiger charge is 2.18. The number of halogens is 1. The molecule has 4 nitrogen and oxygen atoms in total. The van der Waals surface area contributed by atoms with Crippen molar-refractivity contribution in [2.45, 2.75) is 32.3 Å². The van der Waals surface area contributed by atoms with E-state index in [1.54, 1.807) is 6.07 Å². The van der Waals surface area contributed by atoms with E-state index in [4.69, 9.17) is 26.7 Å². The molecular weight excluding hydrogens is 254 g/mol. The van der Waals surface area contributed by atoms with Crippen LogP contribution in [-0.2, 0) is 4.79 Å². The van der Waals surface area contributed by atoms with Gasteiger partial charge < -0.3 is 9.84 Å². The summed E-state index contributed by atoms with van der Waals surface area (Å²) in [7, 11) is 0. The quantitative estimate of drug-likeness (QED) is 0.859. The van der Waals surface area contributed by atoms with Crippen molar-refractivity contribution in [1.29, 1.82) is 5.26 Å². The van der Waals surface area contributed by atoms with Gasteiger partial charge in [0.2, 0.25) is 0 Å².